The molecule has 1 amide bonds. The summed E-state index contributed by atoms with van der Waals surface area (Å²) in [6, 6.07) is 2.29. The smallest absolute Gasteiger partial charge is 0.418 e. The van der Waals surface area contributed by atoms with Crippen molar-refractivity contribution >= 4 is 27.7 Å². The van der Waals surface area contributed by atoms with Gasteiger partial charge in [-0.3, -0.25) is 4.90 Å². The molecule has 1 atom stereocenters. The summed E-state index contributed by atoms with van der Waals surface area (Å²) < 4.78 is 47.1. The second-order valence-electron chi connectivity index (χ2n) is 8.73. The first-order chi connectivity index (χ1) is 11.6. The van der Waals surface area contributed by atoms with Crippen molar-refractivity contribution in [1.82, 2.24) is 0 Å². The molecule has 1 aromatic rings. The van der Waals surface area contributed by atoms with Crippen LogP contribution in [0.2, 0.25) is 0 Å². The third-order valence-corrected chi connectivity index (χ3v) is 4.75. The van der Waals surface area contributed by atoms with Crippen molar-refractivity contribution in [2.75, 3.05) is 4.90 Å². The Kier molecular flexibility index (Phi) is 5.45. The summed E-state index contributed by atoms with van der Waals surface area (Å²) in [7, 11) is 0. The highest BCUT2D eigenvalue weighted by atomic mass is 79.9. The molecule has 0 bridgehead atoms. The fourth-order valence-corrected chi connectivity index (χ4v) is 3.78. The van der Waals surface area contributed by atoms with E-state index in [1.54, 1.807) is 26.8 Å². The highest BCUT2D eigenvalue weighted by molar-refractivity contribution is 9.10. The molecule has 0 saturated carbocycles. The van der Waals surface area contributed by atoms with Gasteiger partial charge in [0.15, 0.2) is 0 Å². The molecule has 0 aromatic heterocycles. The van der Waals surface area contributed by atoms with E-state index < -0.39 is 34.9 Å². The summed E-state index contributed by atoms with van der Waals surface area (Å²) in [6.45, 7) is 10.9. The molecule has 0 saturated heterocycles. The van der Waals surface area contributed by atoms with Gasteiger partial charge in [0.2, 0.25) is 0 Å². The Morgan fingerprint density at radius 1 is 1.15 bits per heavy atom. The van der Waals surface area contributed by atoms with E-state index >= 15 is 0 Å². The number of nitrogens with zero attached hydrogens (tertiary/aromatic N) is 1. The van der Waals surface area contributed by atoms with Crippen LogP contribution in [-0.4, -0.2) is 17.7 Å². The summed E-state index contributed by atoms with van der Waals surface area (Å²) in [5.74, 6) is 0. The number of benzene rings is 1. The predicted molar refractivity (Wildman–Crippen MR) is 99.4 cm³/mol. The Morgan fingerprint density at radius 3 is 2.19 bits per heavy atom. The first-order valence-corrected chi connectivity index (χ1v) is 9.32. The number of carbonyl (C=O) groups excluding carboxylic acids is 1. The minimum atomic E-state index is -4.58. The molecule has 0 spiro atoms. The Balaban J connectivity index is 2.70. The summed E-state index contributed by atoms with van der Waals surface area (Å²) in [4.78, 5) is 14.1. The highest BCUT2D eigenvalue weighted by Gasteiger charge is 2.45. The molecule has 1 aromatic carbocycles. The molecular weight excluding hydrogens is 411 g/mol. The monoisotopic (exact) mass is 435 g/mol. The average molecular weight is 436 g/mol. The van der Waals surface area contributed by atoms with Gasteiger partial charge in [0.1, 0.15) is 5.60 Å². The van der Waals surface area contributed by atoms with E-state index in [-0.39, 0.29) is 5.69 Å². The Bertz CT molecular complexity index is 702. The van der Waals surface area contributed by atoms with Crippen molar-refractivity contribution in [1.29, 1.82) is 0 Å². The zero-order chi connectivity index (χ0) is 20.1. The topological polar surface area (TPSA) is 29.5 Å². The van der Waals surface area contributed by atoms with Crippen LogP contribution in [0.5, 0.6) is 0 Å². The largest absolute Gasteiger partial charge is 0.443 e. The van der Waals surface area contributed by atoms with Crippen molar-refractivity contribution in [2.24, 2.45) is 5.41 Å². The van der Waals surface area contributed by atoms with Gasteiger partial charge in [-0.05, 0) is 56.7 Å². The van der Waals surface area contributed by atoms with Crippen molar-refractivity contribution in [2.45, 2.75) is 72.2 Å². The van der Waals surface area contributed by atoms with E-state index in [0.29, 0.717) is 22.9 Å². The molecule has 1 unspecified atom stereocenters. The number of halogens is 4. The van der Waals surface area contributed by atoms with Gasteiger partial charge in [0.25, 0.3) is 0 Å². The number of rotatable bonds is 0. The molecule has 26 heavy (non-hydrogen) atoms. The molecule has 3 nitrogen and oxygen atoms in total. The van der Waals surface area contributed by atoms with Crippen molar-refractivity contribution in [3.05, 3.63) is 27.7 Å². The molecule has 146 valence electrons. The van der Waals surface area contributed by atoms with Gasteiger partial charge in [-0.2, -0.15) is 13.2 Å². The maximum absolute atomic E-state index is 13.8. The number of carbonyl (C=O) groups is 1. The summed E-state index contributed by atoms with van der Waals surface area (Å²) in [6.07, 6.45) is -4.28. The molecule has 1 aliphatic heterocycles. The van der Waals surface area contributed by atoms with E-state index in [1.165, 1.54) is 4.90 Å². The van der Waals surface area contributed by atoms with Crippen LogP contribution < -0.4 is 4.90 Å². The first kappa shape index (κ1) is 21.1. The lowest BCUT2D eigenvalue weighted by Gasteiger charge is -2.45. The van der Waals surface area contributed by atoms with Crippen LogP contribution in [0.4, 0.5) is 23.7 Å². The van der Waals surface area contributed by atoms with E-state index in [4.69, 9.17) is 4.74 Å². The molecule has 2 rings (SSSR count). The minimum Gasteiger partial charge on any atom is -0.443 e. The van der Waals surface area contributed by atoms with Crippen molar-refractivity contribution < 1.29 is 22.7 Å². The van der Waals surface area contributed by atoms with Crippen molar-refractivity contribution in [3.8, 4) is 0 Å². The van der Waals surface area contributed by atoms with E-state index in [1.807, 2.05) is 20.8 Å². The SMILES string of the molecule is CC(C)(C)OC(=O)N1c2c(cc(Br)cc2C(F)(F)F)CCC1C(C)(C)C. The third-order valence-electron chi connectivity index (χ3n) is 4.29. The second-order valence-corrected chi connectivity index (χ2v) is 9.65. The van der Waals surface area contributed by atoms with Gasteiger partial charge >= 0.3 is 12.3 Å². The zero-order valence-electron chi connectivity index (χ0n) is 15.9. The maximum Gasteiger partial charge on any atom is 0.418 e. The molecule has 0 fully saturated rings. The number of hydrogen-bond donors (Lipinski definition) is 0. The number of alkyl halides is 3. The lowest BCUT2D eigenvalue weighted by atomic mass is 9.79. The first-order valence-electron chi connectivity index (χ1n) is 8.53. The molecule has 0 aliphatic carbocycles. The standard InChI is InChI=1S/C19H25BrF3NO2/c1-17(2,3)14-8-7-11-9-12(20)10-13(19(21,22)23)15(11)24(14)16(25)26-18(4,5)6/h9-10,14H,7-8H2,1-6H3. The Morgan fingerprint density at radius 2 is 1.73 bits per heavy atom. The van der Waals surface area contributed by atoms with Gasteiger partial charge in [-0.25, -0.2) is 4.79 Å². The third kappa shape index (κ3) is 4.53. The fraction of sp³-hybridized carbons (Fsp3) is 0.632. The average Bonchev–Trinajstić information content (AvgIpc) is 2.40. The van der Waals surface area contributed by atoms with Crippen LogP contribution in [0.15, 0.2) is 16.6 Å². The Hall–Kier alpha value is -1.24. The maximum atomic E-state index is 13.8. The molecule has 1 heterocycles. The minimum absolute atomic E-state index is 0.0823. The normalized spacial score (nSPS) is 18.5. The summed E-state index contributed by atoms with van der Waals surface area (Å²) in [5, 5.41) is 0. The van der Waals surface area contributed by atoms with Crippen LogP contribution in [-0.2, 0) is 17.3 Å². The van der Waals surface area contributed by atoms with E-state index in [9.17, 15) is 18.0 Å². The molecular formula is C19H25BrF3NO2. The lowest BCUT2D eigenvalue weighted by Crippen LogP contribution is -2.52. The van der Waals surface area contributed by atoms with Gasteiger partial charge < -0.3 is 4.74 Å². The van der Waals surface area contributed by atoms with Crippen LogP contribution in [0, 0.1) is 5.41 Å². The van der Waals surface area contributed by atoms with Crippen LogP contribution in [0.25, 0.3) is 0 Å². The zero-order valence-corrected chi connectivity index (χ0v) is 17.5. The van der Waals surface area contributed by atoms with Crippen molar-refractivity contribution in [3.63, 3.8) is 0 Å². The van der Waals surface area contributed by atoms with Gasteiger partial charge in [-0.15, -0.1) is 0 Å². The molecule has 1 aliphatic rings. The highest BCUT2D eigenvalue weighted by Crippen LogP contribution is 2.47. The van der Waals surface area contributed by atoms with Gasteiger partial charge in [0.05, 0.1) is 11.3 Å². The molecule has 0 radical (unpaired) electrons. The summed E-state index contributed by atoms with van der Waals surface area (Å²) in [5.41, 5.74) is -1.60. The lowest BCUT2D eigenvalue weighted by molar-refractivity contribution is -0.137. The number of hydrogen-bond acceptors (Lipinski definition) is 2. The Labute approximate surface area is 161 Å². The number of fused-ring (bicyclic) bond motifs is 1. The van der Waals surface area contributed by atoms with Crippen LogP contribution in [0.1, 0.15) is 59.1 Å². The van der Waals surface area contributed by atoms with Crippen LogP contribution >= 0.6 is 15.9 Å². The number of aryl methyl sites for hydroxylation is 1. The van der Waals surface area contributed by atoms with E-state index in [0.717, 1.165) is 6.07 Å². The molecule has 7 heteroatoms. The summed E-state index contributed by atoms with van der Waals surface area (Å²) >= 11 is 3.16. The quantitative estimate of drug-likeness (QED) is 0.460. The predicted octanol–water partition coefficient (Wildman–Crippen LogP) is 6.57. The van der Waals surface area contributed by atoms with Crippen LogP contribution in [0.3, 0.4) is 0 Å². The number of amides is 1. The fourth-order valence-electron chi connectivity index (χ4n) is 3.27. The van der Waals surface area contributed by atoms with Gasteiger partial charge in [-0.1, -0.05) is 36.7 Å². The van der Waals surface area contributed by atoms with Gasteiger partial charge in [0, 0.05) is 10.5 Å². The number of anilines is 1. The van der Waals surface area contributed by atoms with E-state index in [2.05, 4.69) is 15.9 Å². The second kappa shape index (κ2) is 6.73. The number of ether oxygens (including phenoxy) is 1. The molecule has 0 N–H and O–H groups in total.